The third-order valence-corrected chi connectivity index (χ3v) is 3.70. The van der Waals surface area contributed by atoms with Crippen molar-refractivity contribution in [2.75, 3.05) is 11.9 Å². The highest BCUT2D eigenvalue weighted by molar-refractivity contribution is 9.10. The number of nitrogens with one attached hydrogen (secondary N) is 1. The van der Waals surface area contributed by atoms with Crippen LogP contribution in [-0.2, 0) is 5.41 Å². The Labute approximate surface area is 112 Å². The number of hydrogen-bond donors (Lipinski definition) is 1. The average Bonchev–Trinajstić information content (AvgIpc) is 2.54. The van der Waals surface area contributed by atoms with Crippen LogP contribution in [0.25, 0.3) is 0 Å². The van der Waals surface area contributed by atoms with E-state index in [9.17, 15) is 13.2 Å². The van der Waals surface area contributed by atoms with E-state index in [1.165, 1.54) is 0 Å². The van der Waals surface area contributed by atoms with E-state index in [2.05, 4.69) is 26.3 Å². The standard InChI is InChI=1S/C11H15BrF3N3/c1-10(2,3)8-7(12)9-16-5-4-6(11(13,14)15)18(9)17-8/h6,16H,4-5H2,1-3H3. The molecule has 0 bridgehead atoms. The lowest BCUT2D eigenvalue weighted by molar-refractivity contribution is -0.171. The molecule has 1 aromatic rings. The van der Waals surface area contributed by atoms with Crippen molar-refractivity contribution in [1.82, 2.24) is 9.78 Å². The number of hydrogen-bond acceptors (Lipinski definition) is 2. The molecule has 0 amide bonds. The first-order chi connectivity index (χ1) is 8.12. The van der Waals surface area contributed by atoms with Crippen molar-refractivity contribution >= 4 is 21.7 Å². The minimum Gasteiger partial charge on any atom is -0.369 e. The van der Waals surface area contributed by atoms with Crippen molar-refractivity contribution in [3.8, 4) is 0 Å². The summed E-state index contributed by atoms with van der Waals surface area (Å²) < 4.78 is 40.6. The summed E-state index contributed by atoms with van der Waals surface area (Å²) in [6.07, 6.45) is -4.26. The molecular formula is C11H15BrF3N3. The van der Waals surface area contributed by atoms with Crippen molar-refractivity contribution in [3.63, 3.8) is 0 Å². The van der Waals surface area contributed by atoms with Crippen molar-refractivity contribution in [2.24, 2.45) is 0 Å². The highest BCUT2D eigenvalue weighted by Crippen LogP contribution is 2.43. The fourth-order valence-electron chi connectivity index (χ4n) is 2.03. The van der Waals surface area contributed by atoms with E-state index in [4.69, 9.17) is 0 Å². The van der Waals surface area contributed by atoms with Gasteiger partial charge in [0, 0.05) is 12.0 Å². The van der Waals surface area contributed by atoms with Crippen LogP contribution in [0.1, 0.15) is 38.9 Å². The zero-order chi connectivity index (χ0) is 13.7. The Bertz CT molecular complexity index is 459. The minimum absolute atomic E-state index is 0.00814. The van der Waals surface area contributed by atoms with Crippen molar-refractivity contribution in [2.45, 2.75) is 44.8 Å². The van der Waals surface area contributed by atoms with Crippen LogP contribution in [0.3, 0.4) is 0 Å². The zero-order valence-electron chi connectivity index (χ0n) is 10.4. The Hall–Kier alpha value is -0.720. The van der Waals surface area contributed by atoms with Gasteiger partial charge in [-0.2, -0.15) is 18.3 Å². The van der Waals surface area contributed by atoms with Gasteiger partial charge in [-0.05, 0) is 22.4 Å². The lowest BCUT2D eigenvalue weighted by Gasteiger charge is -2.27. The summed E-state index contributed by atoms with van der Waals surface area (Å²) in [4.78, 5) is 0. The van der Waals surface area contributed by atoms with E-state index < -0.39 is 12.2 Å². The topological polar surface area (TPSA) is 29.9 Å². The second kappa shape index (κ2) is 4.15. The van der Waals surface area contributed by atoms with E-state index in [0.29, 0.717) is 22.5 Å². The summed E-state index contributed by atoms with van der Waals surface area (Å²) in [7, 11) is 0. The van der Waals surface area contributed by atoms with Gasteiger partial charge in [-0.3, -0.25) is 0 Å². The maximum absolute atomic E-state index is 13.0. The quantitative estimate of drug-likeness (QED) is 0.784. The van der Waals surface area contributed by atoms with Gasteiger partial charge in [0.25, 0.3) is 0 Å². The van der Waals surface area contributed by atoms with Gasteiger partial charge in [-0.15, -0.1) is 0 Å². The summed E-state index contributed by atoms with van der Waals surface area (Å²) in [5.41, 5.74) is 0.335. The summed E-state index contributed by atoms with van der Waals surface area (Å²) in [6.45, 7) is 6.08. The van der Waals surface area contributed by atoms with Crippen LogP contribution in [0.15, 0.2) is 4.47 Å². The third kappa shape index (κ3) is 2.24. The normalized spacial score (nSPS) is 20.5. The van der Waals surface area contributed by atoms with Crippen LogP contribution < -0.4 is 5.32 Å². The smallest absolute Gasteiger partial charge is 0.369 e. The zero-order valence-corrected chi connectivity index (χ0v) is 12.0. The molecule has 1 aliphatic heterocycles. The summed E-state index contributed by atoms with van der Waals surface area (Å²) >= 11 is 3.35. The molecule has 0 spiro atoms. The van der Waals surface area contributed by atoms with Crippen LogP contribution >= 0.6 is 15.9 Å². The highest BCUT2D eigenvalue weighted by atomic mass is 79.9. The monoisotopic (exact) mass is 325 g/mol. The first kappa shape index (κ1) is 13.7. The molecular weight excluding hydrogens is 311 g/mol. The molecule has 0 saturated carbocycles. The van der Waals surface area contributed by atoms with Crippen LogP contribution in [0.2, 0.25) is 0 Å². The Morgan fingerprint density at radius 1 is 1.33 bits per heavy atom. The molecule has 0 aromatic carbocycles. The molecule has 18 heavy (non-hydrogen) atoms. The molecule has 2 heterocycles. The lowest BCUT2D eigenvalue weighted by atomic mass is 9.92. The Morgan fingerprint density at radius 3 is 2.44 bits per heavy atom. The van der Waals surface area contributed by atoms with Crippen molar-refractivity contribution in [1.29, 1.82) is 0 Å². The lowest BCUT2D eigenvalue weighted by Crippen LogP contribution is -2.34. The molecule has 102 valence electrons. The van der Waals surface area contributed by atoms with Gasteiger partial charge in [0.05, 0.1) is 10.2 Å². The minimum atomic E-state index is -4.27. The van der Waals surface area contributed by atoms with E-state index in [1.54, 1.807) is 0 Å². The second-order valence-electron chi connectivity index (χ2n) is 5.48. The van der Waals surface area contributed by atoms with E-state index in [-0.39, 0.29) is 11.8 Å². The van der Waals surface area contributed by atoms with Gasteiger partial charge in [-0.1, -0.05) is 20.8 Å². The number of anilines is 1. The number of halogens is 4. The molecule has 1 aliphatic rings. The van der Waals surface area contributed by atoms with E-state index >= 15 is 0 Å². The van der Waals surface area contributed by atoms with Crippen molar-refractivity contribution < 1.29 is 13.2 Å². The maximum atomic E-state index is 13.0. The molecule has 0 fully saturated rings. The molecule has 1 unspecified atom stereocenters. The molecule has 1 atom stereocenters. The SMILES string of the molecule is CC(C)(C)c1nn2c(c1Br)NCCC2C(F)(F)F. The van der Waals surface area contributed by atoms with Crippen LogP contribution in [0.4, 0.5) is 19.0 Å². The molecule has 2 rings (SSSR count). The second-order valence-corrected chi connectivity index (χ2v) is 6.27. The maximum Gasteiger partial charge on any atom is 0.410 e. The van der Waals surface area contributed by atoms with E-state index in [1.807, 2.05) is 20.8 Å². The van der Waals surface area contributed by atoms with Gasteiger partial charge in [-0.25, -0.2) is 4.68 Å². The third-order valence-electron chi connectivity index (χ3n) is 2.95. The van der Waals surface area contributed by atoms with E-state index in [0.717, 1.165) is 4.68 Å². The molecule has 7 heteroatoms. The van der Waals surface area contributed by atoms with Gasteiger partial charge >= 0.3 is 6.18 Å². The largest absolute Gasteiger partial charge is 0.410 e. The molecule has 0 saturated heterocycles. The van der Waals surface area contributed by atoms with Gasteiger partial charge in [0.15, 0.2) is 6.04 Å². The fourth-order valence-corrected chi connectivity index (χ4v) is 3.03. The number of fused-ring (bicyclic) bond motifs is 1. The highest BCUT2D eigenvalue weighted by Gasteiger charge is 2.45. The van der Waals surface area contributed by atoms with Gasteiger partial charge in [0.2, 0.25) is 0 Å². The summed E-state index contributed by atoms with van der Waals surface area (Å²) in [5.74, 6) is 0.425. The van der Waals surface area contributed by atoms with Gasteiger partial charge < -0.3 is 5.32 Å². The molecule has 1 N–H and O–H groups in total. The fraction of sp³-hybridized carbons (Fsp3) is 0.727. The number of alkyl halides is 3. The Balaban J connectivity index is 2.54. The summed E-state index contributed by atoms with van der Waals surface area (Å²) in [6, 6.07) is -1.54. The Kier molecular flexibility index (Phi) is 3.16. The first-order valence-corrected chi connectivity index (χ1v) is 6.50. The van der Waals surface area contributed by atoms with Crippen LogP contribution in [0, 0.1) is 0 Å². The number of rotatable bonds is 0. The molecule has 1 aromatic heterocycles. The predicted molar refractivity (Wildman–Crippen MR) is 66.8 cm³/mol. The first-order valence-electron chi connectivity index (χ1n) is 5.71. The Morgan fingerprint density at radius 2 is 1.94 bits per heavy atom. The number of aromatic nitrogens is 2. The summed E-state index contributed by atoms with van der Waals surface area (Å²) in [5, 5.41) is 7.14. The number of nitrogens with zero attached hydrogens (tertiary/aromatic N) is 2. The van der Waals surface area contributed by atoms with Crippen molar-refractivity contribution in [3.05, 3.63) is 10.2 Å². The van der Waals surface area contributed by atoms with Crippen LogP contribution in [0.5, 0.6) is 0 Å². The van der Waals surface area contributed by atoms with Crippen LogP contribution in [-0.4, -0.2) is 22.5 Å². The average molecular weight is 326 g/mol. The predicted octanol–water partition coefficient (Wildman–Crippen LogP) is 3.86. The molecule has 0 radical (unpaired) electrons. The van der Waals surface area contributed by atoms with Gasteiger partial charge in [0.1, 0.15) is 5.82 Å². The molecule has 0 aliphatic carbocycles. The molecule has 3 nitrogen and oxygen atoms in total.